The van der Waals surface area contributed by atoms with Crippen LogP contribution >= 0.6 is 0 Å². The molecule has 0 unspecified atom stereocenters. The van der Waals surface area contributed by atoms with Gasteiger partial charge in [-0.3, -0.25) is 0 Å². The Morgan fingerprint density at radius 2 is 0.655 bits per heavy atom. The summed E-state index contributed by atoms with van der Waals surface area (Å²) in [6, 6.07) is 0. The van der Waals surface area contributed by atoms with Gasteiger partial charge in [-0.05, 0) is 12.2 Å². The van der Waals surface area contributed by atoms with E-state index in [2.05, 4.69) is 12.2 Å². The Morgan fingerprint density at radius 1 is 0.345 bits per heavy atom. The Hall–Kier alpha value is -1.20. The molecular formula is C20H20O9. The fourth-order valence-corrected chi connectivity index (χ4v) is 7.58. The average molecular weight is 404 g/mol. The maximum atomic E-state index is 6.22. The summed E-state index contributed by atoms with van der Waals surface area (Å²) in [7, 11) is 0. The highest BCUT2D eigenvalue weighted by atomic mass is 16.9. The van der Waals surface area contributed by atoms with Crippen molar-refractivity contribution >= 4 is 0 Å². The van der Waals surface area contributed by atoms with Crippen LogP contribution in [0.25, 0.3) is 0 Å². The van der Waals surface area contributed by atoms with Gasteiger partial charge < -0.3 is 42.6 Å². The van der Waals surface area contributed by atoms with E-state index in [0.29, 0.717) is 0 Å². The summed E-state index contributed by atoms with van der Waals surface area (Å²) in [5, 5.41) is 0. The molecule has 0 bridgehead atoms. The lowest BCUT2D eigenvalue weighted by molar-refractivity contribution is -0.297. The lowest BCUT2D eigenvalue weighted by Crippen LogP contribution is -2.38. The molecule has 9 aliphatic rings. The van der Waals surface area contributed by atoms with Gasteiger partial charge in [0.15, 0.2) is 37.7 Å². The molecule has 0 aromatic carbocycles. The SMILES string of the molecule is C1=C[C@H]2[C@@H](O1)O[C@@H]1O[C@H]3O[C@@H]4O[C@H]5O[C@@H]6O[C@H]7O[C@@H]8OC=C[C@@H]8[C@H]7[C@@H]6[C@H]5[C@@H]4[C@H]3[C@@H]12. The van der Waals surface area contributed by atoms with Crippen molar-refractivity contribution in [1.29, 1.82) is 0 Å². The van der Waals surface area contributed by atoms with Crippen LogP contribution in [0.2, 0.25) is 0 Å². The van der Waals surface area contributed by atoms with Crippen molar-refractivity contribution in [3.8, 4) is 0 Å². The second kappa shape index (κ2) is 4.99. The van der Waals surface area contributed by atoms with Crippen LogP contribution in [0, 0.1) is 47.3 Å². The van der Waals surface area contributed by atoms with Gasteiger partial charge in [-0.2, -0.15) is 0 Å². The number of hydrogen-bond donors (Lipinski definition) is 0. The molecule has 0 aromatic heterocycles. The molecular weight excluding hydrogens is 384 g/mol. The lowest BCUT2D eigenvalue weighted by atomic mass is 9.67. The zero-order valence-electron chi connectivity index (χ0n) is 15.2. The minimum Gasteiger partial charge on any atom is -0.472 e. The van der Waals surface area contributed by atoms with Crippen LogP contribution in [0.4, 0.5) is 0 Å². The zero-order valence-corrected chi connectivity index (χ0v) is 15.2. The van der Waals surface area contributed by atoms with Gasteiger partial charge in [-0.15, -0.1) is 0 Å². The van der Waals surface area contributed by atoms with Gasteiger partial charge in [0.1, 0.15) is 0 Å². The van der Waals surface area contributed by atoms with Crippen LogP contribution in [0.5, 0.6) is 0 Å². The van der Waals surface area contributed by atoms with Crippen molar-refractivity contribution in [3.63, 3.8) is 0 Å². The van der Waals surface area contributed by atoms with E-state index in [-0.39, 0.29) is 97.7 Å². The fraction of sp³-hybridized carbons (Fsp3) is 0.800. The number of fused-ring (bicyclic) bond motifs is 15. The topological polar surface area (TPSA) is 83.1 Å². The zero-order chi connectivity index (χ0) is 18.4. The third-order valence-corrected chi connectivity index (χ3v) is 8.53. The largest absolute Gasteiger partial charge is 0.472 e. The van der Waals surface area contributed by atoms with Crippen LogP contribution < -0.4 is 0 Å². The van der Waals surface area contributed by atoms with E-state index in [1.165, 1.54) is 0 Å². The molecule has 0 aliphatic carbocycles. The summed E-state index contributed by atoms with van der Waals surface area (Å²) in [4.78, 5) is 0. The van der Waals surface area contributed by atoms with E-state index in [1.54, 1.807) is 12.5 Å². The van der Waals surface area contributed by atoms with E-state index in [1.807, 2.05) is 0 Å². The second-order valence-electron chi connectivity index (χ2n) is 9.45. The highest BCUT2D eigenvalue weighted by Gasteiger charge is 2.74. The maximum Gasteiger partial charge on any atom is 0.208 e. The first-order valence-electron chi connectivity index (χ1n) is 10.6. The molecule has 0 amide bonds. The molecule has 7 saturated heterocycles. The minimum atomic E-state index is -0.320. The number of hydrogen-bond acceptors (Lipinski definition) is 9. The average Bonchev–Trinajstić information content (AvgIpc) is 3.45. The lowest BCUT2D eigenvalue weighted by Gasteiger charge is -2.30. The van der Waals surface area contributed by atoms with Crippen molar-refractivity contribution in [3.05, 3.63) is 24.7 Å². The molecule has 9 rings (SSSR count). The van der Waals surface area contributed by atoms with E-state index < -0.39 is 0 Å². The summed E-state index contributed by atoms with van der Waals surface area (Å²) in [6.45, 7) is 0. The predicted octanol–water partition coefficient (Wildman–Crippen LogP) is 0.824. The summed E-state index contributed by atoms with van der Waals surface area (Å²) in [5.41, 5.74) is 0. The van der Waals surface area contributed by atoms with Gasteiger partial charge in [-0.25, -0.2) is 0 Å². The molecule has 0 saturated carbocycles. The molecule has 9 heteroatoms. The second-order valence-corrected chi connectivity index (χ2v) is 9.45. The third-order valence-electron chi connectivity index (χ3n) is 8.53. The summed E-state index contributed by atoms with van der Waals surface area (Å²) >= 11 is 0. The molecule has 9 heterocycles. The van der Waals surface area contributed by atoms with E-state index in [0.717, 1.165) is 0 Å². The van der Waals surface area contributed by atoms with E-state index in [9.17, 15) is 0 Å². The minimum absolute atomic E-state index is 0.166. The van der Waals surface area contributed by atoms with Crippen LogP contribution in [0.15, 0.2) is 24.7 Å². The first-order valence-corrected chi connectivity index (χ1v) is 10.6. The van der Waals surface area contributed by atoms with Crippen molar-refractivity contribution in [2.24, 2.45) is 47.3 Å². The molecule has 29 heavy (non-hydrogen) atoms. The monoisotopic (exact) mass is 404 g/mol. The predicted molar refractivity (Wildman–Crippen MR) is 86.3 cm³/mol. The fourth-order valence-electron chi connectivity index (χ4n) is 7.58. The highest BCUT2D eigenvalue weighted by Crippen LogP contribution is 2.65. The number of ether oxygens (including phenoxy) is 9. The van der Waals surface area contributed by atoms with Crippen LogP contribution in [0.1, 0.15) is 0 Å². The van der Waals surface area contributed by atoms with Crippen molar-refractivity contribution in [1.82, 2.24) is 0 Å². The standard InChI is InChI=1S/C20H20O9/c1-3-21-13-5(1)7-9-11-12-10-8-6-2-4-22-14(6)24-16(8)26-18(10)28-20(12)29-19(11)27-17(9)25-15(7)23-13/h1-20H/t5-,6-,7+,8+,9-,10-,11+,12+,13+,14+,15-,16-,17+,18+,19-,20-/m1/s1. The first kappa shape index (κ1) is 15.6. The number of rotatable bonds is 0. The maximum absolute atomic E-state index is 6.22. The molecule has 0 spiro atoms. The van der Waals surface area contributed by atoms with Crippen LogP contribution in [0.3, 0.4) is 0 Å². The summed E-state index contributed by atoms with van der Waals surface area (Å²) in [6.07, 6.45) is 5.34. The molecule has 154 valence electrons. The molecule has 0 N–H and O–H groups in total. The molecule has 9 aliphatic heterocycles. The highest BCUT2D eigenvalue weighted by molar-refractivity contribution is 5.14. The van der Waals surface area contributed by atoms with E-state index in [4.69, 9.17) is 42.6 Å². The Morgan fingerprint density at radius 3 is 1.07 bits per heavy atom. The smallest absolute Gasteiger partial charge is 0.208 e. The third kappa shape index (κ3) is 1.69. The van der Waals surface area contributed by atoms with Gasteiger partial charge in [-0.1, -0.05) is 0 Å². The Kier molecular flexibility index (Phi) is 2.68. The molecule has 0 aromatic rings. The summed E-state index contributed by atoms with van der Waals surface area (Å²) < 4.78 is 54.0. The Bertz CT molecular complexity index is 765. The van der Waals surface area contributed by atoms with Gasteiger partial charge >= 0.3 is 0 Å². The van der Waals surface area contributed by atoms with Crippen LogP contribution in [-0.2, 0) is 42.6 Å². The van der Waals surface area contributed by atoms with Crippen molar-refractivity contribution in [2.75, 3.05) is 0 Å². The van der Waals surface area contributed by atoms with Crippen molar-refractivity contribution < 1.29 is 42.6 Å². The van der Waals surface area contributed by atoms with Crippen LogP contribution in [-0.4, -0.2) is 50.3 Å². The van der Waals surface area contributed by atoms with Gasteiger partial charge in [0.2, 0.25) is 12.6 Å². The normalized spacial score (nSPS) is 68.7. The van der Waals surface area contributed by atoms with E-state index >= 15 is 0 Å². The molecule has 9 nitrogen and oxygen atoms in total. The molecule has 16 atom stereocenters. The Labute approximate surface area is 165 Å². The molecule has 7 fully saturated rings. The first-order chi connectivity index (χ1) is 14.3. The van der Waals surface area contributed by atoms with Crippen molar-refractivity contribution in [2.45, 2.75) is 50.3 Å². The van der Waals surface area contributed by atoms with Gasteiger partial charge in [0, 0.05) is 35.5 Å². The summed E-state index contributed by atoms with van der Waals surface area (Å²) in [5.74, 6) is 1.45. The van der Waals surface area contributed by atoms with Gasteiger partial charge in [0.05, 0.1) is 24.4 Å². The Balaban J connectivity index is 1.10. The quantitative estimate of drug-likeness (QED) is 0.583. The molecule has 0 radical (unpaired) electrons. The van der Waals surface area contributed by atoms with Gasteiger partial charge in [0.25, 0.3) is 0 Å².